The van der Waals surface area contributed by atoms with Crippen molar-refractivity contribution in [3.63, 3.8) is 0 Å². The Morgan fingerprint density at radius 1 is 0.444 bits per heavy atom. The van der Waals surface area contributed by atoms with Crippen molar-refractivity contribution in [2.75, 3.05) is 0 Å². The number of fused-ring (bicyclic) bond motifs is 13. The molecule has 5 aromatic rings. The molecule has 0 saturated heterocycles. The van der Waals surface area contributed by atoms with E-state index in [4.69, 9.17) is 0 Å². The van der Waals surface area contributed by atoms with Crippen molar-refractivity contribution >= 4 is 21.5 Å². The van der Waals surface area contributed by atoms with Crippen molar-refractivity contribution in [1.82, 2.24) is 0 Å². The predicted molar refractivity (Wildman–Crippen MR) is 151 cm³/mol. The standard InChI is InChI=1S/C36H30/c1-3-31-23-9-11-27(19-23)35(31)33(5-1)25-13-15-29-21(17-25)7-8-22-18-26(14-16-30(22)29)34-6-2-4-32-24-10-12-28(20-24)36(32)34/h1-8,13-18,23-24,27-28H,9-12,19-20H2. The van der Waals surface area contributed by atoms with Crippen molar-refractivity contribution < 1.29 is 0 Å². The van der Waals surface area contributed by atoms with Gasteiger partial charge in [0.1, 0.15) is 0 Å². The van der Waals surface area contributed by atoms with E-state index >= 15 is 0 Å². The zero-order valence-electron chi connectivity index (χ0n) is 20.6. The first-order valence-electron chi connectivity index (χ1n) is 14.0. The molecule has 0 spiro atoms. The van der Waals surface area contributed by atoms with Gasteiger partial charge in [-0.3, -0.25) is 0 Å². The highest BCUT2D eigenvalue weighted by molar-refractivity contribution is 6.09. The smallest absolute Gasteiger partial charge is 0.0105 e. The van der Waals surface area contributed by atoms with Crippen LogP contribution in [0.2, 0.25) is 0 Å². The molecule has 174 valence electrons. The summed E-state index contributed by atoms with van der Waals surface area (Å²) in [6.45, 7) is 0. The van der Waals surface area contributed by atoms with E-state index in [0.717, 1.165) is 23.7 Å². The van der Waals surface area contributed by atoms with Gasteiger partial charge in [-0.15, -0.1) is 0 Å². The van der Waals surface area contributed by atoms with Crippen molar-refractivity contribution in [2.24, 2.45) is 0 Å². The van der Waals surface area contributed by atoms with Crippen LogP contribution < -0.4 is 0 Å². The lowest BCUT2D eigenvalue weighted by molar-refractivity contribution is 0.719. The van der Waals surface area contributed by atoms with E-state index < -0.39 is 0 Å². The summed E-state index contributed by atoms with van der Waals surface area (Å²) in [4.78, 5) is 0. The molecule has 36 heavy (non-hydrogen) atoms. The molecule has 2 fully saturated rings. The van der Waals surface area contributed by atoms with Crippen LogP contribution in [-0.4, -0.2) is 0 Å². The summed E-state index contributed by atoms with van der Waals surface area (Å²) in [7, 11) is 0. The summed E-state index contributed by atoms with van der Waals surface area (Å²) >= 11 is 0. The molecule has 0 aliphatic heterocycles. The maximum Gasteiger partial charge on any atom is -0.0105 e. The Morgan fingerprint density at radius 2 is 0.917 bits per heavy atom. The van der Waals surface area contributed by atoms with Gasteiger partial charge >= 0.3 is 0 Å². The van der Waals surface area contributed by atoms with E-state index in [1.165, 1.54) is 82.3 Å². The van der Waals surface area contributed by atoms with Crippen LogP contribution in [0.3, 0.4) is 0 Å². The Labute approximate surface area is 213 Å². The van der Waals surface area contributed by atoms with Crippen LogP contribution in [0.5, 0.6) is 0 Å². The summed E-state index contributed by atoms with van der Waals surface area (Å²) in [5.74, 6) is 3.18. The van der Waals surface area contributed by atoms with Crippen molar-refractivity contribution in [3.8, 4) is 22.3 Å². The van der Waals surface area contributed by atoms with E-state index in [1.807, 2.05) is 0 Å². The predicted octanol–water partition coefficient (Wildman–Crippen LogP) is 10.1. The average Bonchev–Trinajstić information content (AvgIpc) is 3.74. The minimum atomic E-state index is 0.779. The summed E-state index contributed by atoms with van der Waals surface area (Å²) < 4.78 is 0. The molecule has 0 heteroatoms. The van der Waals surface area contributed by atoms with Gasteiger partial charge in [0.05, 0.1) is 0 Å². The largest absolute Gasteiger partial charge is 0.0613 e. The van der Waals surface area contributed by atoms with Crippen LogP contribution in [0.25, 0.3) is 43.8 Å². The Morgan fingerprint density at radius 3 is 1.42 bits per heavy atom. The molecule has 4 aliphatic carbocycles. The Balaban J connectivity index is 1.16. The third-order valence-electron chi connectivity index (χ3n) is 10.3. The minimum Gasteiger partial charge on any atom is -0.0613 e. The maximum absolute atomic E-state index is 2.44. The van der Waals surface area contributed by atoms with Crippen LogP contribution in [0, 0.1) is 0 Å². The molecule has 0 N–H and O–H groups in total. The quantitative estimate of drug-likeness (QED) is 0.229. The summed E-state index contributed by atoms with van der Waals surface area (Å²) in [5, 5.41) is 5.45. The van der Waals surface area contributed by atoms with E-state index in [0.29, 0.717) is 0 Å². The molecule has 4 unspecified atom stereocenters. The van der Waals surface area contributed by atoms with Crippen LogP contribution in [0.1, 0.15) is 84.5 Å². The number of rotatable bonds is 2. The molecular weight excluding hydrogens is 432 g/mol. The van der Waals surface area contributed by atoms with Crippen LogP contribution in [0.15, 0.2) is 84.9 Å². The molecule has 0 heterocycles. The zero-order valence-corrected chi connectivity index (χ0v) is 20.6. The molecular formula is C36H30. The molecule has 2 saturated carbocycles. The fourth-order valence-electron chi connectivity index (χ4n) is 8.75. The first-order valence-corrected chi connectivity index (χ1v) is 14.0. The third kappa shape index (κ3) is 2.60. The molecule has 0 amide bonds. The van der Waals surface area contributed by atoms with Gasteiger partial charge in [-0.25, -0.2) is 0 Å². The van der Waals surface area contributed by atoms with Gasteiger partial charge in [0.2, 0.25) is 0 Å². The Kier molecular flexibility index (Phi) is 3.90. The van der Waals surface area contributed by atoms with Gasteiger partial charge in [-0.05, 0) is 140 Å². The Hall–Kier alpha value is -3.38. The van der Waals surface area contributed by atoms with Crippen molar-refractivity contribution in [2.45, 2.75) is 62.2 Å². The van der Waals surface area contributed by atoms with Crippen LogP contribution in [-0.2, 0) is 0 Å². The second-order valence-corrected chi connectivity index (χ2v) is 12.0. The topological polar surface area (TPSA) is 0 Å². The van der Waals surface area contributed by atoms with Crippen molar-refractivity contribution in [3.05, 3.63) is 107 Å². The van der Waals surface area contributed by atoms with Gasteiger partial charge in [0.15, 0.2) is 0 Å². The van der Waals surface area contributed by atoms with E-state index in [-0.39, 0.29) is 0 Å². The summed E-state index contributed by atoms with van der Waals surface area (Å²) in [5.41, 5.74) is 12.3. The second kappa shape index (κ2) is 7.10. The summed E-state index contributed by atoms with van der Waals surface area (Å²) in [6, 6.07) is 33.1. The lowest BCUT2D eigenvalue weighted by Crippen LogP contribution is -2.00. The molecule has 4 bridgehead atoms. The monoisotopic (exact) mass is 462 g/mol. The highest BCUT2D eigenvalue weighted by atomic mass is 14.4. The first-order chi connectivity index (χ1) is 17.8. The lowest BCUT2D eigenvalue weighted by Gasteiger charge is -2.20. The fraction of sp³-hybridized carbons (Fsp3) is 0.278. The molecule has 0 nitrogen and oxygen atoms in total. The normalized spacial score (nSPS) is 25.1. The highest BCUT2D eigenvalue weighted by Crippen LogP contribution is 2.57. The van der Waals surface area contributed by atoms with E-state index in [2.05, 4.69) is 84.9 Å². The lowest BCUT2D eigenvalue weighted by atomic mass is 9.84. The van der Waals surface area contributed by atoms with Crippen LogP contribution in [0.4, 0.5) is 0 Å². The molecule has 4 aliphatic rings. The fourth-order valence-corrected chi connectivity index (χ4v) is 8.75. The maximum atomic E-state index is 2.44. The van der Waals surface area contributed by atoms with Crippen molar-refractivity contribution in [1.29, 1.82) is 0 Å². The van der Waals surface area contributed by atoms with Gasteiger partial charge < -0.3 is 0 Å². The summed E-state index contributed by atoms with van der Waals surface area (Å²) in [6.07, 6.45) is 8.28. The molecule has 0 radical (unpaired) electrons. The second-order valence-electron chi connectivity index (χ2n) is 12.0. The van der Waals surface area contributed by atoms with Gasteiger partial charge in [0.25, 0.3) is 0 Å². The average molecular weight is 463 g/mol. The van der Waals surface area contributed by atoms with Gasteiger partial charge in [-0.2, -0.15) is 0 Å². The number of hydrogen-bond acceptors (Lipinski definition) is 0. The Bertz CT molecular complexity index is 1590. The SMILES string of the molecule is c1cc(-c2ccc3c(ccc4cc(-c5cccc6c5C5CCC6C5)ccc43)c2)c2c(c1)C1CCC2C1. The van der Waals surface area contributed by atoms with E-state index in [9.17, 15) is 0 Å². The third-order valence-corrected chi connectivity index (χ3v) is 10.3. The van der Waals surface area contributed by atoms with Gasteiger partial charge in [-0.1, -0.05) is 72.8 Å². The molecule has 4 atom stereocenters. The first kappa shape index (κ1) is 19.8. The van der Waals surface area contributed by atoms with Crippen LogP contribution >= 0.6 is 0 Å². The molecule has 5 aromatic carbocycles. The molecule has 9 rings (SSSR count). The number of hydrogen-bond donors (Lipinski definition) is 0. The molecule has 0 aromatic heterocycles. The minimum absolute atomic E-state index is 0.779. The zero-order chi connectivity index (χ0) is 23.4. The highest BCUT2D eigenvalue weighted by Gasteiger charge is 2.39. The van der Waals surface area contributed by atoms with Gasteiger partial charge in [0, 0.05) is 0 Å². The van der Waals surface area contributed by atoms with E-state index in [1.54, 1.807) is 22.3 Å². The number of benzene rings is 5.